The summed E-state index contributed by atoms with van der Waals surface area (Å²) in [6.45, 7) is 1.97. The van der Waals surface area contributed by atoms with E-state index in [1.165, 1.54) is 29.3 Å². The van der Waals surface area contributed by atoms with Crippen LogP contribution in [0.1, 0.15) is 11.1 Å². The summed E-state index contributed by atoms with van der Waals surface area (Å²) in [5.41, 5.74) is 3.54. The normalized spacial score (nSPS) is 16.0. The number of aryl methyl sites for hydroxylation is 1. The van der Waals surface area contributed by atoms with Gasteiger partial charge in [0.1, 0.15) is 11.5 Å². The zero-order valence-electron chi connectivity index (χ0n) is 12.9. The Bertz CT molecular complexity index is 809. The number of anilines is 1. The molecule has 2 aromatic rings. The Kier molecular flexibility index (Phi) is 3.93. The lowest BCUT2D eigenvalue weighted by Gasteiger charge is -2.11. The molecule has 1 aliphatic rings. The maximum Gasteiger partial charge on any atom is 0.282 e. The molecule has 1 aliphatic heterocycles. The van der Waals surface area contributed by atoms with E-state index in [0.717, 1.165) is 11.1 Å². The van der Waals surface area contributed by atoms with Gasteiger partial charge < -0.3 is 5.32 Å². The van der Waals surface area contributed by atoms with Crippen LogP contribution < -0.4 is 10.3 Å². The number of nitrogens with zero attached hydrogens (tertiary/aromatic N) is 2. The first kappa shape index (κ1) is 15.0. The highest BCUT2D eigenvalue weighted by Gasteiger charge is 2.32. The van der Waals surface area contributed by atoms with E-state index in [1.807, 2.05) is 31.2 Å². The molecule has 23 heavy (non-hydrogen) atoms. The number of hydrogen-bond acceptors (Lipinski definition) is 3. The van der Waals surface area contributed by atoms with Crippen molar-refractivity contribution >= 4 is 17.3 Å². The van der Waals surface area contributed by atoms with Gasteiger partial charge >= 0.3 is 0 Å². The molecule has 1 N–H and O–H groups in total. The largest absolute Gasteiger partial charge is 0.393 e. The minimum atomic E-state index is -0.352. The molecule has 5 heteroatoms. The van der Waals surface area contributed by atoms with E-state index in [2.05, 4.69) is 10.4 Å². The number of rotatable bonds is 3. The van der Waals surface area contributed by atoms with Crippen molar-refractivity contribution in [3.8, 4) is 0 Å². The van der Waals surface area contributed by atoms with Crippen LogP contribution in [0.25, 0.3) is 0 Å². The van der Waals surface area contributed by atoms with Crippen molar-refractivity contribution in [2.75, 3.05) is 12.1 Å². The third-order valence-corrected chi connectivity index (χ3v) is 3.64. The summed E-state index contributed by atoms with van der Waals surface area (Å²) >= 11 is 0. The van der Waals surface area contributed by atoms with Crippen LogP contribution in [0.2, 0.25) is 0 Å². The molecule has 3 rings (SSSR count). The average molecular weight is 309 g/mol. The summed E-state index contributed by atoms with van der Waals surface area (Å²) in [7, 11) is 1.73. The van der Waals surface area contributed by atoms with E-state index in [4.69, 9.17) is 0 Å². The van der Waals surface area contributed by atoms with Crippen molar-refractivity contribution < 1.29 is 9.18 Å². The molecule has 1 heterocycles. The van der Waals surface area contributed by atoms with E-state index < -0.39 is 0 Å². The van der Waals surface area contributed by atoms with Gasteiger partial charge in [0.05, 0.1) is 11.3 Å². The standard InChI is InChI=1S/C18H16FN3O/c1-12-5-3-4-6-15(12)17-16(11-20-2)18(23)22(21-17)14-9-7-13(19)8-10-14/h3-11,20H,1-2H3. The summed E-state index contributed by atoms with van der Waals surface area (Å²) in [6, 6.07) is 13.4. The molecule has 0 fully saturated rings. The van der Waals surface area contributed by atoms with Gasteiger partial charge in [-0.3, -0.25) is 4.79 Å². The molecule has 0 saturated carbocycles. The van der Waals surface area contributed by atoms with Gasteiger partial charge in [0.2, 0.25) is 0 Å². The van der Waals surface area contributed by atoms with Crippen LogP contribution >= 0.6 is 0 Å². The van der Waals surface area contributed by atoms with Crippen LogP contribution in [-0.2, 0) is 4.79 Å². The predicted octanol–water partition coefficient (Wildman–Crippen LogP) is 2.99. The Labute approximate surface area is 133 Å². The van der Waals surface area contributed by atoms with Crippen molar-refractivity contribution in [3.63, 3.8) is 0 Å². The van der Waals surface area contributed by atoms with E-state index in [-0.39, 0.29) is 11.7 Å². The molecule has 4 nitrogen and oxygen atoms in total. The van der Waals surface area contributed by atoms with Gasteiger partial charge in [0.15, 0.2) is 0 Å². The number of benzene rings is 2. The third kappa shape index (κ3) is 2.73. The topological polar surface area (TPSA) is 44.7 Å². The average Bonchev–Trinajstić information content (AvgIpc) is 2.86. The summed E-state index contributed by atoms with van der Waals surface area (Å²) in [5.74, 6) is -0.598. The van der Waals surface area contributed by atoms with Crippen LogP contribution in [0.3, 0.4) is 0 Å². The fourth-order valence-electron chi connectivity index (χ4n) is 2.48. The Morgan fingerprint density at radius 3 is 2.48 bits per heavy atom. The number of nitrogens with one attached hydrogen (secondary N) is 1. The Morgan fingerprint density at radius 2 is 1.83 bits per heavy atom. The number of amides is 1. The SMILES string of the molecule is CNC=C1C(=O)N(c2ccc(F)cc2)N=C1c1ccccc1C. The molecule has 0 saturated heterocycles. The van der Waals surface area contributed by atoms with Crippen LogP contribution in [0.5, 0.6) is 0 Å². The van der Waals surface area contributed by atoms with Gasteiger partial charge in [-0.15, -0.1) is 0 Å². The maximum atomic E-state index is 13.1. The maximum absolute atomic E-state index is 13.1. The van der Waals surface area contributed by atoms with Crippen LogP contribution in [-0.4, -0.2) is 18.7 Å². The first-order valence-corrected chi connectivity index (χ1v) is 7.24. The molecular weight excluding hydrogens is 293 g/mol. The monoisotopic (exact) mass is 309 g/mol. The molecule has 116 valence electrons. The minimum Gasteiger partial charge on any atom is -0.393 e. The number of halogens is 1. The van der Waals surface area contributed by atoms with Crippen LogP contribution in [0.4, 0.5) is 10.1 Å². The summed E-state index contributed by atoms with van der Waals surface area (Å²) in [5, 5.41) is 8.66. The van der Waals surface area contributed by atoms with Crippen LogP contribution in [0.15, 0.2) is 65.4 Å². The Morgan fingerprint density at radius 1 is 1.13 bits per heavy atom. The molecule has 0 atom stereocenters. The van der Waals surface area contributed by atoms with E-state index in [9.17, 15) is 9.18 Å². The van der Waals surface area contributed by atoms with E-state index in [1.54, 1.807) is 13.2 Å². The lowest BCUT2D eigenvalue weighted by atomic mass is 9.99. The Balaban J connectivity index is 2.10. The molecule has 1 amide bonds. The number of carbonyl (C=O) groups excluding carboxylic acids is 1. The second-order valence-corrected chi connectivity index (χ2v) is 5.20. The molecule has 0 aliphatic carbocycles. The first-order chi connectivity index (χ1) is 11.1. The molecule has 0 aromatic heterocycles. The molecule has 0 bridgehead atoms. The second kappa shape index (κ2) is 6.04. The highest BCUT2D eigenvalue weighted by molar-refractivity contribution is 6.35. The van der Waals surface area contributed by atoms with Crippen molar-refractivity contribution in [2.24, 2.45) is 5.10 Å². The smallest absolute Gasteiger partial charge is 0.282 e. The summed E-state index contributed by atoms with van der Waals surface area (Å²) in [6.07, 6.45) is 1.64. The fraction of sp³-hybridized carbons (Fsp3) is 0.111. The highest BCUT2D eigenvalue weighted by atomic mass is 19.1. The molecule has 0 unspecified atom stereocenters. The number of hydrogen-bond donors (Lipinski definition) is 1. The van der Waals surface area contributed by atoms with Gasteiger partial charge in [-0.2, -0.15) is 10.1 Å². The highest BCUT2D eigenvalue weighted by Crippen LogP contribution is 2.27. The van der Waals surface area contributed by atoms with Gasteiger partial charge in [-0.1, -0.05) is 24.3 Å². The van der Waals surface area contributed by atoms with Crippen LogP contribution in [0, 0.1) is 12.7 Å². The Hall–Kier alpha value is -2.95. The summed E-state index contributed by atoms with van der Waals surface area (Å²) < 4.78 is 13.1. The van der Waals surface area contributed by atoms with Gasteiger partial charge in [0, 0.05) is 18.8 Å². The third-order valence-electron chi connectivity index (χ3n) is 3.64. The summed E-state index contributed by atoms with van der Waals surface area (Å²) in [4.78, 5) is 12.7. The molecule has 2 aromatic carbocycles. The zero-order valence-corrected chi connectivity index (χ0v) is 12.9. The van der Waals surface area contributed by atoms with E-state index in [0.29, 0.717) is 17.0 Å². The second-order valence-electron chi connectivity index (χ2n) is 5.20. The lowest BCUT2D eigenvalue weighted by molar-refractivity contribution is -0.114. The molecular formula is C18H16FN3O. The fourth-order valence-corrected chi connectivity index (χ4v) is 2.48. The zero-order chi connectivity index (χ0) is 16.4. The predicted molar refractivity (Wildman–Crippen MR) is 88.7 cm³/mol. The van der Waals surface area contributed by atoms with Crippen molar-refractivity contribution in [1.29, 1.82) is 0 Å². The number of carbonyl (C=O) groups is 1. The van der Waals surface area contributed by atoms with Gasteiger partial charge in [-0.25, -0.2) is 4.39 Å². The van der Waals surface area contributed by atoms with Crippen molar-refractivity contribution in [3.05, 3.63) is 77.2 Å². The number of hydrazone groups is 1. The first-order valence-electron chi connectivity index (χ1n) is 7.24. The van der Waals surface area contributed by atoms with Gasteiger partial charge in [-0.05, 0) is 36.8 Å². The quantitative estimate of drug-likeness (QED) is 0.886. The molecule has 0 radical (unpaired) electrons. The minimum absolute atomic E-state index is 0.246. The van der Waals surface area contributed by atoms with Gasteiger partial charge in [0.25, 0.3) is 5.91 Å². The van der Waals surface area contributed by atoms with Crippen molar-refractivity contribution in [1.82, 2.24) is 5.32 Å². The van der Waals surface area contributed by atoms with E-state index >= 15 is 0 Å². The molecule has 0 spiro atoms. The van der Waals surface area contributed by atoms with Crippen molar-refractivity contribution in [2.45, 2.75) is 6.92 Å². The lowest BCUT2D eigenvalue weighted by Crippen LogP contribution is -2.22.